The predicted molar refractivity (Wildman–Crippen MR) is 157 cm³/mol. The SMILES string of the molecule is CC(C)(O)CNC(=O)c1cc(CSc2ncc(C(C)(C)c3ccc(Cl)c(Cl)c3)n2-c2ccc(F)cc2)ccc1F. The summed E-state index contributed by atoms with van der Waals surface area (Å²) in [7, 11) is 0. The molecule has 0 atom stereocenters. The summed E-state index contributed by atoms with van der Waals surface area (Å²) in [5.41, 5.74) is 1.39. The standard InChI is InChI=1S/C30H29Cl2F2N3O2S/c1-29(2,39)17-36-27(38)22-13-18(5-12-25(22)34)16-40-28-35-15-26(37(28)21-9-7-20(33)8-10-21)30(3,4)19-6-11-23(31)24(32)14-19/h5-15,39H,16-17H2,1-4H3,(H,36,38). The number of aliphatic hydroxyl groups is 1. The highest BCUT2D eigenvalue weighted by Gasteiger charge is 2.30. The Morgan fingerprint density at radius 1 is 1.00 bits per heavy atom. The van der Waals surface area contributed by atoms with Gasteiger partial charge in [0.1, 0.15) is 11.6 Å². The zero-order valence-electron chi connectivity index (χ0n) is 22.4. The third-order valence-corrected chi connectivity index (χ3v) is 8.18. The van der Waals surface area contributed by atoms with E-state index in [0.29, 0.717) is 26.5 Å². The first kappa shape index (κ1) is 30.1. The minimum absolute atomic E-state index is 0.0171. The van der Waals surface area contributed by atoms with Gasteiger partial charge < -0.3 is 10.4 Å². The van der Waals surface area contributed by atoms with Crippen molar-refractivity contribution in [2.24, 2.45) is 0 Å². The molecule has 0 aliphatic rings. The molecule has 4 rings (SSSR count). The molecule has 0 aliphatic carbocycles. The van der Waals surface area contributed by atoms with E-state index >= 15 is 0 Å². The molecular formula is C30H29Cl2F2N3O2S. The minimum Gasteiger partial charge on any atom is -0.389 e. The van der Waals surface area contributed by atoms with Gasteiger partial charge in [-0.2, -0.15) is 0 Å². The molecule has 1 amide bonds. The number of nitrogens with zero attached hydrogens (tertiary/aromatic N) is 2. The highest BCUT2D eigenvalue weighted by atomic mass is 35.5. The van der Waals surface area contributed by atoms with E-state index in [0.717, 1.165) is 16.9 Å². The second-order valence-corrected chi connectivity index (χ2v) is 12.3. The largest absolute Gasteiger partial charge is 0.389 e. The lowest BCUT2D eigenvalue weighted by atomic mass is 9.81. The number of rotatable bonds is 9. The van der Waals surface area contributed by atoms with Crippen LogP contribution in [0.25, 0.3) is 5.69 Å². The Morgan fingerprint density at radius 2 is 1.70 bits per heavy atom. The van der Waals surface area contributed by atoms with Crippen molar-refractivity contribution < 1.29 is 18.7 Å². The topological polar surface area (TPSA) is 67.2 Å². The Bertz CT molecular complexity index is 1530. The number of aromatic nitrogens is 2. The highest BCUT2D eigenvalue weighted by Crippen LogP contribution is 2.38. The molecule has 0 saturated heterocycles. The van der Waals surface area contributed by atoms with Crippen LogP contribution >= 0.6 is 35.0 Å². The van der Waals surface area contributed by atoms with Crippen molar-refractivity contribution in [2.45, 2.75) is 49.6 Å². The molecule has 0 bridgehead atoms. The first-order valence-corrected chi connectivity index (χ1v) is 14.2. The summed E-state index contributed by atoms with van der Waals surface area (Å²) in [4.78, 5) is 17.3. The summed E-state index contributed by atoms with van der Waals surface area (Å²) < 4.78 is 30.2. The normalized spacial score (nSPS) is 12.0. The summed E-state index contributed by atoms with van der Waals surface area (Å²) >= 11 is 13.9. The molecule has 40 heavy (non-hydrogen) atoms. The van der Waals surface area contributed by atoms with Gasteiger partial charge in [-0.05, 0) is 73.5 Å². The van der Waals surface area contributed by atoms with E-state index in [1.165, 1.54) is 36.0 Å². The number of imidazole rings is 1. The number of benzene rings is 3. The van der Waals surface area contributed by atoms with Crippen LogP contribution in [0.1, 0.15) is 54.9 Å². The van der Waals surface area contributed by atoms with Crippen molar-refractivity contribution in [3.8, 4) is 5.69 Å². The fourth-order valence-corrected chi connectivity index (χ4v) is 5.36. The molecule has 210 valence electrons. The number of hydrogen-bond donors (Lipinski definition) is 2. The maximum Gasteiger partial charge on any atom is 0.254 e. The molecular weight excluding hydrogens is 575 g/mol. The highest BCUT2D eigenvalue weighted by molar-refractivity contribution is 7.98. The molecule has 0 fully saturated rings. The second kappa shape index (κ2) is 11.9. The van der Waals surface area contributed by atoms with E-state index in [9.17, 15) is 18.7 Å². The van der Waals surface area contributed by atoms with Crippen molar-refractivity contribution >= 4 is 40.9 Å². The summed E-state index contributed by atoms with van der Waals surface area (Å²) in [6.45, 7) is 7.16. The van der Waals surface area contributed by atoms with E-state index in [2.05, 4.69) is 10.3 Å². The first-order chi connectivity index (χ1) is 18.8. The van der Waals surface area contributed by atoms with Gasteiger partial charge in [0.25, 0.3) is 5.91 Å². The number of halogens is 4. The van der Waals surface area contributed by atoms with Gasteiger partial charge in [0.15, 0.2) is 5.16 Å². The lowest BCUT2D eigenvalue weighted by Gasteiger charge is -2.28. The molecule has 1 heterocycles. The summed E-state index contributed by atoms with van der Waals surface area (Å²) in [5.74, 6) is -1.23. The number of hydrogen-bond acceptors (Lipinski definition) is 4. The monoisotopic (exact) mass is 603 g/mol. The van der Waals surface area contributed by atoms with Gasteiger partial charge in [-0.15, -0.1) is 0 Å². The zero-order chi connectivity index (χ0) is 29.2. The molecule has 0 saturated carbocycles. The fourth-order valence-electron chi connectivity index (χ4n) is 4.13. The van der Waals surface area contributed by atoms with E-state index in [4.69, 9.17) is 23.2 Å². The van der Waals surface area contributed by atoms with Crippen LogP contribution in [-0.2, 0) is 11.2 Å². The van der Waals surface area contributed by atoms with Crippen molar-refractivity contribution in [1.82, 2.24) is 14.9 Å². The number of amides is 1. The molecule has 1 aromatic heterocycles. The van der Waals surface area contributed by atoms with Gasteiger partial charge >= 0.3 is 0 Å². The van der Waals surface area contributed by atoms with Gasteiger partial charge in [0.2, 0.25) is 0 Å². The number of carbonyl (C=O) groups is 1. The third-order valence-electron chi connectivity index (χ3n) is 6.42. The van der Waals surface area contributed by atoms with Crippen LogP contribution in [0.5, 0.6) is 0 Å². The smallest absolute Gasteiger partial charge is 0.254 e. The van der Waals surface area contributed by atoms with Gasteiger partial charge in [0, 0.05) is 23.4 Å². The van der Waals surface area contributed by atoms with Crippen LogP contribution in [0, 0.1) is 11.6 Å². The molecule has 0 radical (unpaired) electrons. The summed E-state index contributed by atoms with van der Waals surface area (Å²) in [6, 6.07) is 16.0. The van der Waals surface area contributed by atoms with Gasteiger partial charge in [-0.25, -0.2) is 13.8 Å². The molecule has 10 heteroatoms. The number of carbonyl (C=O) groups excluding carboxylic acids is 1. The first-order valence-electron chi connectivity index (χ1n) is 12.5. The second-order valence-electron chi connectivity index (χ2n) is 10.6. The maximum atomic E-state index is 14.5. The number of thioether (sulfide) groups is 1. The van der Waals surface area contributed by atoms with E-state index in [1.807, 2.05) is 30.5 Å². The molecule has 0 spiro atoms. The van der Waals surface area contributed by atoms with Gasteiger partial charge in [-0.3, -0.25) is 9.36 Å². The van der Waals surface area contributed by atoms with Crippen molar-refractivity contribution in [2.75, 3.05) is 6.54 Å². The van der Waals surface area contributed by atoms with Crippen LogP contribution in [0.2, 0.25) is 10.0 Å². The van der Waals surface area contributed by atoms with Crippen LogP contribution in [-0.4, -0.2) is 32.7 Å². The molecule has 0 unspecified atom stereocenters. The van der Waals surface area contributed by atoms with Crippen molar-refractivity contribution in [1.29, 1.82) is 0 Å². The van der Waals surface area contributed by atoms with Crippen LogP contribution in [0.4, 0.5) is 8.78 Å². The van der Waals surface area contributed by atoms with Crippen LogP contribution < -0.4 is 5.32 Å². The van der Waals surface area contributed by atoms with E-state index in [-0.39, 0.29) is 17.9 Å². The lowest BCUT2D eigenvalue weighted by molar-refractivity contribution is 0.0692. The Balaban J connectivity index is 1.67. The average Bonchev–Trinajstić information content (AvgIpc) is 3.33. The quantitative estimate of drug-likeness (QED) is 0.194. The molecule has 5 nitrogen and oxygen atoms in total. The molecule has 2 N–H and O–H groups in total. The van der Waals surface area contributed by atoms with Gasteiger partial charge in [-0.1, -0.05) is 60.9 Å². The molecule has 4 aromatic rings. The molecule has 3 aromatic carbocycles. The Labute approximate surface area is 246 Å². The third kappa shape index (κ3) is 6.86. The molecule has 0 aliphatic heterocycles. The summed E-state index contributed by atoms with van der Waals surface area (Å²) in [5, 5.41) is 14.0. The average molecular weight is 605 g/mol. The predicted octanol–water partition coefficient (Wildman–Crippen LogP) is 7.58. The lowest BCUT2D eigenvalue weighted by Crippen LogP contribution is -2.38. The van der Waals surface area contributed by atoms with Crippen LogP contribution in [0.3, 0.4) is 0 Å². The Hall–Kier alpha value is -2.91. The number of nitrogens with one attached hydrogen (secondary N) is 1. The Morgan fingerprint density at radius 3 is 2.35 bits per heavy atom. The van der Waals surface area contributed by atoms with E-state index < -0.39 is 22.7 Å². The maximum absolute atomic E-state index is 14.5. The van der Waals surface area contributed by atoms with E-state index in [1.54, 1.807) is 44.3 Å². The van der Waals surface area contributed by atoms with Gasteiger partial charge in [0.05, 0.1) is 33.1 Å². The minimum atomic E-state index is -1.13. The summed E-state index contributed by atoms with van der Waals surface area (Å²) in [6.07, 6.45) is 1.77. The zero-order valence-corrected chi connectivity index (χ0v) is 24.8. The van der Waals surface area contributed by atoms with Crippen molar-refractivity contribution in [3.05, 3.63) is 111 Å². The Kier molecular flexibility index (Phi) is 8.95. The van der Waals surface area contributed by atoms with Crippen molar-refractivity contribution in [3.63, 3.8) is 0 Å². The fraction of sp³-hybridized carbons (Fsp3) is 0.267. The van der Waals surface area contributed by atoms with Crippen LogP contribution in [0.15, 0.2) is 72.0 Å².